The van der Waals surface area contributed by atoms with Crippen LogP contribution in [0.25, 0.3) is 0 Å². The van der Waals surface area contributed by atoms with Gasteiger partial charge in [-0.2, -0.15) is 0 Å². The second kappa shape index (κ2) is 7.17. The Morgan fingerprint density at radius 3 is 2.56 bits per heavy atom. The molecule has 1 amide bonds. The standard InChI is InChI=1S/C12H23NO2S/c1-10-6-11(2)8-13(7-10)12(14)9-16-5-4-15-3/h10-11H,4-9H2,1-3H3/t10-,11-/m0/s1. The Hall–Kier alpha value is -0.220. The zero-order valence-electron chi connectivity index (χ0n) is 10.6. The number of amides is 1. The second-order valence-corrected chi connectivity index (χ2v) is 5.90. The number of nitrogens with zero attached hydrogens (tertiary/aromatic N) is 1. The number of piperidine rings is 1. The molecule has 0 aromatic heterocycles. The van der Waals surface area contributed by atoms with Crippen molar-refractivity contribution in [2.24, 2.45) is 11.8 Å². The zero-order chi connectivity index (χ0) is 12.0. The Morgan fingerprint density at radius 1 is 1.38 bits per heavy atom. The first kappa shape index (κ1) is 13.8. The van der Waals surface area contributed by atoms with Crippen LogP contribution in [-0.4, -0.2) is 49.1 Å². The molecule has 94 valence electrons. The molecule has 0 aromatic rings. The van der Waals surface area contributed by atoms with Gasteiger partial charge in [0.1, 0.15) is 0 Å². The number of rotatable bonds is 5. The normalized spacial score (nSPS) is 25.8. The molecular weight excluding hydrogens is 222 g/mol. The molecule has 4 heteroatoms. The van der Waals surface area contributed by atoms with E-state index in [1.807, 2.05) is 4.90 Å². The van der Waals surface area contributed by atoms with Crippen LogP contribution in [0.3, 0.4) is 0 Å². The van der Waals surface area contributed by atoms with Crippen LogP contribution in [0.1, 0.15) is 20.3 Å². The summed E-state index contributed by atoms with van der Waals surface area (Å²) in [4.78, 5) is 13.9. The zero-order valence-corrected chi connectivity index (χ0v) is 11.4. The molecule has 1 saturated heterocycles. The summed E-state index contributed by atoms with van der Waals surface area (Å²) < 4.78 is 4.96. The second-order valence-electron chi connectivity index (χ2n) is 4.79. The molecule has 16 heavy (non-hydrogen) atoms. The molecule has 0 radical (unpaired) electrons. The third kappa shape index (κ3) is 4.74. The summed E-state index contributed by atoms with van der Waals surface area (Å²) in [5.74, 6) is 3.09. The van der Waals surface area contributed by atoms with Gasteiger partial charge in [0.25, 0.3) is 0 Å². The van der Waals surface area contributed by atoms with Crippen LogP contribution in [0.4, 0.5) is 0 Å². The summed E-state index contributed by atoms with van der Waals surface area (Å²) in [6.45, 7) is 7.06. The fourth-order valence-corrected chi connectivity index (χ4v) is 3.05. The molecule has 0 spiro atoms. The number of ether oxygens (including phenoxy) is 1. The van der Waals surface area contributed by atoms with Gasteiger partial charge in [0.15, 0.2) is 0 Å². The summed E-state index contributed by atoms with van der Waals surface area (Å²) in [5.41, 5.74) is 0. The molecule has 1 aliphatic heterocycles. The number of likely N-dealkylation sites (tertiary alicyclic amines) is 1. The maximum atomic E-state index is 11.9. The summed E-state index contributed by atoms with van der Waals surface area (Å²) >= 11 is 1.67. The molecule has 0 N–H and O–H groups in total. The minimum atomic E-state index is 0.291. The highest BCUT2D eigenvalue weighted by Gasteiger charge is 2.24. The van der Waals surface area contributed by atoms with Crippen molar-refractivity contribution in [1.29, 1.82) is 0 Å². The first-order chi connectivity index (χ1) is 7.63. The van der Waals surface area contributed by atoms with Crippen LogP contribution in [0, 0.1) is 11.8 Å². The molecule has 1 heterocycles. The molecule has 1 rings (SSSR count). The lowest BCUT2D eigenvalue weighted by atomic mass is 9.92. The van der Waals surface area contributed by atoms with Crippen molar-refractivity contribution in [2.45, 2.75) is 20.3 Å². The lowest BCUT2D eigenvalue weighted by Crippen LogP contribution is -2.43. The van der Waals surface area contributed by atoms with E-state index >= 15 is 0 Å². The van der Waals surface area contributed by atoms with Crippen molar-refractivity contribution < 1.29 is 9.53 Å². The van der Waals surface area contributed by atoms with E-state index in [1.165, 1.54) is 6.42 Å². The number of methoxy groups -OCH3 is 1. The largest absolute Gasteiger partial charge is 0.384 e. The molecule has 2 atom stereocenters. The molecule has 0 aliphatic carbocycles. The third-order valence-corrected chi connectivity index (χ3v) is 3.79. The Kier molecular flexibility index (Phi) is 6.21. The van der Waals surface area contributed by atoms with E-state index in [0.29, 0.717) is 23.5 Å². The molecule has 0 saturated carbocycles. The monoisotopic (exact) mass is 245 g/mol. The van der Waals surface area contributed by atoms with Crippen molar-refractivity contribution in [1.82, 2.24) is 4.90 Å². The molecular formula is C12H23NO2S. The van der Waals surface area contributed by atoms with Crippen molar-refractivity contribution in [3.8, 4) is 0 Å². The van der Waals surface area contributed by atoms with E-state index < -0.39 is 0 Å². The number of carbonyl (C=O) groups excluding carboxylic acids is 1. The highest BCUT2D eigenvalue weighted by Crippen LogP contribution is 2.21. The van der Waals surface area contributed by atoms with Crippen molar-refractivity contribution in [3.05, 3.63) is 0 Å². The van der Waals surface area contributed by atoms with Gasteiger partial charge in [-0.05, 0) is 18.3 Å². The molecule has 0 unspecified atom stereocenters. The summed E-state index contributed by atoms with van der Waals surface area (Å²) in [6, 6.07) is 0. The van der Waals surface area contributed by atoms with Crippen molar-refractivity contribution >= 4 is 17.7 Å². The molecule has 1 aliphatic rings. The van der Waals surface area contributed by atoms with Gasteiger partial charge in [0, 0.05) is 26.0 Å². The van der Waals surface area contributed by atoms with Gasteiger partial charge in [0.05, 0.1) is 12.4 Å². The van der Waals surface area contributed by atoms with E-state index in [4.69, 9.17) is 4.74 Å². The van der Waals surface area contributed by atoms with Gasteiger partial charge in [0.2, 0.25) is 5.91 Å². The van der Waals surface area contributed by atoms with Crippen LogP contribution in [0.5, 0.6) is 0 Å². The van der Waals surface area contributed by atoms with Gasteiger partial charge in [-0.3, -0.25) is 4.79 Å². The van der Waals surface area contributed by atoms with E-state index in [-0.39, 0.29) is 0 Å². The van der Waals surface area contributed by atoms with Crippen LogP contribution in [-0.2, 0) is 9.53 Å². The summed E-state index contributed by atoms with van der Waals surface area (Å²) in [7, 11) is 1.69. The van der Waals surface area contributed by atoms with Gasteiger partial charge < -0.3 is 9.64 Å². The van der Waals surface area contributed by atoms with Crippen LogP contribution in [0.2, 0.25) is 0 Å². The number of carbonyl (C=O) groups is 1. The fourth-order valence-electron chi connectivity index (χ4n) is 2.26. The smallest absolute Gasteiger partial charge is 0.232 e. The van der Waals surface area contributed by atoms with E-state index in [1.54, 1.807) is 18.9 Å². The highest BCUT2D eigenvalue weighted by atomic mass is 32.2. The maximum Gasteiger partial charge on any atom is 0.232 e. The van der Waals surface area contributed by atoms with Crippen molar-refractivity contribution in [2.75, 3.05) is 38.3 Å². The van der Waals surface area contributed by atoms with E-state index in [9.17, 15) is 4.79 Å². The van der Waals surface area contributed by atoms with Crippen LogP contribution >= 0.6 is 11.8 Å². The van der Waals surface area contributed by atoms with Gasteiger partial charge in [-0.25, -0.2) is 0 Å². The highest BCUT2D eigenvalue weighted by molar-refractivity contribution is 7.99. The van der Waals surface area contributed by atoms with E-state index in [2.05, 4.69) is 13.8 Å². The predicted molar refractivity (Wildman–Crippen MR) is 68.7 cm³/mol. The average Bonchev–Trinajstić information content (AvgIpc) is 2.22. The maximum absolute atomic E-state index is 11.9. The minimum Gasteiger partial charge on any atom is -0.384 e. The van der Waals surface area contributed by atoms with Crippen LogP contribution < -0.4 is 0 Å². The third-order valence-electron chi connectivity index (χ3n) is 2.88. The Balaban J connectivity index is 2.24. The summed E-state index contributed by atoms with van der Waals surface area (Å²) in [5, 5.41) is 0. The first-order valence-corrected chi connectivity index (χ1v) is 7.13. The SMILES string of the molecule is COCCSCC(=O)N1C[C@@H](C)C[C@H](C)C1. The minimum absolute atomic E-state index is 0.291. The Morgan fingerprint density at radius 2 is 2.00 bits per heavy atom. The Bertz CT molecular complexity index is 213. The van der Waals surface area contributed by atoms with Gasteiger partial charge >= 0.3 is 0 Å². The fraction of sp³-hybridized carbons (Fsp3) is 0.917. The molecule has 0 aromatic carbocycles. The predicted octanol–water partition coefficient (Wildman–Crippen LogP) is 1.87. The number of hydrogen-bond donors (Lipinski definition) is 0. The van der Waals surface area contributed by atoms with Gasteiger partial charge in [-0.1, -0.05) is 13.8 Å². The molecule has 0 bridgehead atoms. The van der Waals surface area contributed by atoms with E-state index in [0.717, 1.165) is 25.4 Å². The lowest BCUT2D eigenvalue weighted by Gasteiger charge is -2.35. The molecule has 1 fully saturated rings. The number of thioether (sulfide) groups is 1. The van der Waals surface area contributed by atoms with Gasteiger partial charge in [-0.15, -0.1) is 11.8 Å². The first-order valence-electron chi connectivity index (χ1n) is 5.98. The topological polar surface area (TPSA) is 29.5 Å². The van der Waals surface area contributed by atoms with Crippen molar-refractivity contribution in [3.63, 3.8) is 0 Å². The summed E-state index contributed by atoms with van der Waals surface area (Å²) in [6.07, 6.45) is 1.25. The number of hydrogen-bond acceptors (Lipinski definition) is 3. The quantitative estimate of drug-likeness (QED) is 0.693. The lowest BCUT2D eigenvalue weighted by molar-refractivity contribution is -0.130. The molecule has 3 nitrogen and oxygen atoms in total. The van der Waals surface area contributed by atoms with Crippen LogP contribution in [0.15, 0.2) is 0 Å². The average molecular weight is 245 g/mol. The Labute approximate surface area is 103 Å².